The number of hydrogen-bond acceptors (Lipinski definition) is 4. The average Bonchev–Trinajstić information content (AvgIpc) is 2.18. The van der Waals surface area contributed by atoms with Crippen LogP contribution in [0.4, 0.5) is 0 Å². The molecule has 0 saturated heterocycles. The largest absolute Gasteiger partial charge is 0.491 e. The van der Waals surface area contributed by atoms with Gasteiger partial charge in [0, 0.05) is 18.4 Å². The molecule has 0 aromatic heterocycles. The molecule has 0 unspecified atom stereocenters. The molecule has 16 heavy (non-hydrogen) atoms. The van der Waals surface area contributed by atoms with Crippen molar-refractivity contribution < 1.29 is 13.2 Å². The van der Waals surface area contributed by atoms with E-state index in [1.54, 1.807) is 0 Å². The van der Waals surface area contributed by atoms with Crippen molar-refractivity contribution in [3.8, 4) is 5.75 Å². The Balaban J connectivity index is 2.73. The van der Waals surface area contributed by atoms with E-state index in [0.29, 0.717) is 12.3 Å². The van der Waals surface area contributed by atoms with Crippen molar-refractivity contribution in [3.63, 3.8) is 0 Å². The smallest absolute Gasteiger partial charge is 0.150 e. The van der Waals surface area contributed by atoms with Crippen LogP contribution in [0.15, 0.2) is 22.7 Å². The van der Waals surface area contributed by atoms with Crippen molar-refractivity contribution in [2.45, 2.75) is 6.54 Å². The van der Waals surface area contributed by atoms with E-state index in [-0.39, 0.29) is 12.4 Å². The second-order valence-corrected chi connectivity index (χ2v) is 6.52. The van der Waals surface area contributed by atoms with Crippen LogP contribution in [0.5, 0.6) is 5.75 Å². The third-order valence-electron chi connectivity index (χ3n) is 1.97. The minimum absolute atomic E-state index is 0.00164. The van der Waals surface area contributed by atoms with Gasteiger partial charge >= 0.3 is 0 Å². The Morgan fingerprint density at radius 1 is 1.44 bits per heavy atom. The Kier molecular flexibility index (Phi) is 4.76. The van der Waals surface area contributed by atoms with E-state index < -0.39 is 9.84 Å². The lowest BCUT2D eigenvalue weighted by Gasteiger charge is -2.11. The second kappa shape index (κ2) is 5.65. The number of rotatable bonds is 5. The third kappa shape index (κ3) is 4.11. The van der Waals surface area contributed by atoms with Gasteiger partial charge in [-0.05, 0) is 22.0 Å². The molecule has 6 heteroatoms. The summed E-state index contributed by atoms with van der Waals surface area (Å²) in [4.78, 5) is 0. The van der Waals surface area contributed by atoms with Crippen molar-refractivity contribution in [3.05, 3.63) is 28.2 Å². The molecule has 1 aromatic carbocycles. The minimum Gasteiger partial charge on any atom is -0.491 e. The van der Waals surface area contributed by atoms with Crippen LogP contribution >= 0.6 is 15.9 Å². The van der Waals surface area contributed by atoms with Crippen LogP contribution in [0.25, 0.3) is 0 Å². The summed E-state index contributed by atoms with van der Waals surface area (Å²) in [7, 11) is -3.00. The van der Waals surface area contributed by atoms with Crippen LogP contribution < -0.4 is 10.5 Å². The van der Waals surface area contributed by atoms with Crippen LogP contribution in [0.2, 0.25) is 0 Å². The van der Waals surface area contributed by atoms with Crippen molar-refractivity contribution in [1.29, 1.82) is 0 Å². The summed E-state index contributed by atoms with van der Waals surface area (Å²) < 4.78 is 28.1. The number of hydrogen-bond donors (Lipinski definition) is 1. The standard InChI is InChI=1S/C10H14BrNO3S/c1-16(13,14)6-5-15-10-8(7-12)3-2-4-9(10)11/h2-4H,5-7,12H2,1H3. The van der Waals surface area contributed by atoms with E-state index in [0.717, 1.165) is 10.0 Å². The first-order chi connectivity index (χ1) is 7.44. The van der Waals surface area contributed by atoms with Gasteiger partial charge in [-0.1, -0.05) is 12.1 Å². The van der Waals surface area contributed by atoms with E-state index in [4.69, 9.17) is 10.5 Å². The highest BCUT2D eigenvalue weighted by Gasteiger charge is 2.08. The van der Waals surface area contributed by atoms with Gasteiger partial charge in [0.2, 0.25) is 0 Å². The summed E-state index contributed by atoms with van der Waals surface area (Å²) >= 11 is 3.34. The molecule has 4 nitrogen and oxygen atoms in total. The van der Waals surface area contributed by atoms with Gasteiger partial charge in [0.1, 0.15) is 12.4 Å². The molecule has 0 aliphatic rings. The molecule has 0 fully saturated rings. The lowest BCUT2D eigenvalue weighted by atomic mass is 10.2. The number of benzene rings is 1. The van der Waals surface area contributed by atoms with Crippen molar-refractivity contribution in [1.82, 2.24) is 0 Å². The lowest BCUT2D eigenvalue weighted by Crippen LogP contribution is -2.13. The summed E-state index contributed by atoms with van der Waals surface area (Å²) in [6, 6.07) is 5.53. The van der Waals surface area contributed by atoms with Gasteiger partial charge < -0.3 is 10.5 Å². The Hall–Kier alpha value is -0.590. The molecule has 0 aliphatic heterocycles. The SMILES string of the molecule is CS(=O)(=O)CCOc1c(Br)cccc1CN. The van der Waals surface area contributed by atoms with Gasteiger partial charge in [-0.15, -0.1) is 0 Å². The van der Waals surface area contributed by atoms with Gasteiger partial charge in [-0.3, -0.25) is 0 Å². The highest BCUT2D eigenvalue weighted by atomic mass is 79.9. The van der Waals surface area contributed by atoms with E-state index in [1.165, 1.54) is 6.26 Å². The van der Waals surface area contributed by atoms with Crippen LogP contribution in [-0.2, 0) is 16.4 Å². The molecule has 0 radical (unpaired) electrons. The van der Waals surface area contributed by atoms with Gasteiger partial charge in [0.15, 0.2) is 9.84 Å². The molecule has 0 aliphatic carbocycles. The third-order valence-corrected chi connectivity index (χ3v) is 3.50. The van der Waals surface area contributed by atoms with Gasteiger partial charge in [0.25, 0.3) is 0 Å². The fourth-order valence-electron chi connectivity index (χ4n) is 1.17. The number of para-hydroxylation sites is 1. The molecule has 90 valence electrons. The normalized spacial score (nSPS) is 11.4. The highest BCUT2D eigenvalue weighted by molar-refractivity contribution is 9.10. The quantitative estimate of drug-likeness (QED) is 0.891. The maximum atomic E-state index is 10.9. The fraction of sp³-hybridized carbons (Fsp3) is 0.400. The number of ether oxygens (including phenoxy) is 1. The molecule has 0 heterocycles. The Morgan fingerprint density at radius 2 is 2.12 bits per heavy atom. The van der Waals surface area contributed by atoms with E-state index >= 15 is 0 Å². The lowest BCUT2D eigenvalue weighted by molar-refractivity contribution is 0.335. The highest BCUT2D eigenvalue weighted by Crippen LogP contribution is 2.28. The zero-order chi connectivity index (χ0) is 12.2. The first-order valence-corrected chi connectivity index (χ1v) is 7.57. The maximum absolute atomic E-state index is 10.9. The number of halogens is 1. The topological polar surface area (TPSA) is 69.4 Å². The molecule has 0 bridgehead atoms. The Morgan fingerprint density at radius 3 is 2.69 bits per heavy atom. The number of nitrogens with two attached hydrogens (primary N) is 1. The fourth-order valence-corrected chi connectivity index (χ4v) is 2.08. The molecule has 0 saturated carbocycles. The molecular weight excluding hydrogens is 294 g/mol. The van der Waals surface area contributed by atoms with E-state index in [2.05, 4.69) is 15.9 Å². The summed E-state index contributed by atoms with van der Waals surface area (Å²) in [6.07, 6.45) is 1.18. The van der Waals surface area contributed by atoms with Gasteiger partial charge in [-0.25, -0.2) is 8.42 Å². The second-order valence-electron chi connectivity index (χ2n) is 3.41. The van der Waals surface area contributed by atoms with E-state index in [1.807, 2.05) is 18.2 Å². The summed E-state index contributed by atoms with van der Waals surface area (Å²) in [5.41, 5.74) is 6.41. The summed E-state index contributed by atoms with van der Waals surface area (Å²) in [6.45, 7) is 0.488. The van der Waals surface area contributed by atoms with Crippen LogP contribution in [0, 0.1) is 0 Å². The average molecular weight is 308 g/mol. The first kappa shape index (κ1) is 13.5. The van der Waals surface area contributed by atoms with E-state index in [9.17, 15) is 8.42 Å². The zero-order valence-corrected chi connectivity index (χ0v) is 11.3. The van der Waals surface area contributed by atoms with Gasteiger partial charge in [-0.2, -0.15) is 0 Å². The van der Waals surface area contributed by atoms with Crippen molar-refractivity contribution in [2.75, 3.05) is 18.6 Å². The molecule has 2 N–H and O–H groups in total. The van der Waals surface area contributed by atoms with Crippen molar-refractivity contribution in [2.24, 2.45) is 5.73 Å². The predicted octanol–water partition coefficient (Wildman–Crippen LogP) is 1.33. The Bertz CT molecular complexity index is 459. The molecule has 0 atom stereocenters. The van der Waals surface area contributed by atoms with Crippen LogP contribution in [0.1, 0.15) is 5.56 Å². The summed E-state index contributed by atoms with van der Waals surface area (Å²) in [5, 5.41) is 0. The van der Waals surface area contributed by atoms with Crippen LogP contribution in [-0.4, -0.2) is 27.0 Å². The molecule has 0 spiro atoms. The first-order valence-electron chi connectivity index (χ1n) is 4.72. The minimum atomic E-state index is -3.00. The monoisotopic (exact) mass is 307 g/mol. The summed E-state index contributed by atoms with van der Waals surface area (Å²) in [5.74, 6) is 0.617. The number of sulfone groups is 1. The predicted molar refractivity (Wildman–Crippen MR) is 67.2 cm³/mol. The van der Waals surface area contributed by atoms with Crippen molar-refractivity contribution >= 4 is 25.8 Å². The van der Waals surface area contributed by atoms with Crippen LogP contribution in [0.3, 0.4) is 0 Å². The molecular formula is C10H14BrNO3S. The Labute approximate surface area is 104 Å². The molecule has 1 aromatic rings. The molecule has 0 amide bonds. The van der Waals surface area contributed by atoms with Gasteiger partial charge in [0.05, 0.1) is 10.2 Å². The zero-order valence-electron chi connectivity index (χ0n) is 8.94. The maximum Gasteiger partial charge on any atom is 0.150 e. The molecule has 1 rings (SSSR count).